The molecule has 0 spiro atoms. The van der Waals surface area contributed by atoms with Gasteiger partial charge in [0.15, 0.2) is 6.10 Å². The largest absolute Gasteiger partial charge is 0.462 e. The molecule has 0 unspecified atom stereocenters. The number of ether oxygens (including phenoxy) is 3. The molecule has 69 heavy (non-hydrogen) atoms. The first-order valence-electron chi connectivity index (χ1n) is 30.5. The molecule has 0 saturated heterocycles. The quantitative estimate of drug-likeness (QED) is 0.0261. The molecule has 0 amide bonds. The molecule has 0 rings (SSSR count). The van der Waals surface area contributed by atoms with E-state index in [-0.39, 0.29) is 31.1 Å². The first-order chi connectivity index (χ1) is 34.0. The molecular formula is C63H116O6. The molecule has 0 aliphatic rings. The summed E-state index contributed by atoms with van der Waals surface area (Å²) in [5, 5.41) is 0. The van der Waals surface area contributed by atoms with E-state index >= 15 is 0 Å². The van der Waals surface area contributed by atoms with Crippen LogP contribution in [-0.4, -0.2) is 37.2 Å². The number of carbonyl (C=O) groups excluding carboxylic acids is 3. The fraction of sp³-hybridized carbons (Fsp3) is 0.857. The molecule has 0 aromatic rings. The normalized spacial score (nSPS) is 12.2. The Morgan fingerprint density at radius 1 is 0.290 bits per heavy atom. The van der Waals surface area contributed by atoms with Gasteiger partial charge in [0.25, 0.3) is 0 Å². The monoisotopic (exact) mass is 969 g/mol. The number of allylic oxidation sites excluding steroid dienone is 6. The van der Waals surface area contributed by atoms with Crippen LogP contribution in [0.4, 0.5) is 0 Å². The fourth-order valence-corrected chi connectivity index (χ4v) is 9.00. The number of carbonyl (C=O) groups is 3. The lowest BCUT2D eigenvalue weighted by molar-refractivity contribution is -0.167. The second-order valence-electron chi connectivity index (χ2n) is 20.6. The summed E-state index contributed by atoms with van der Waals surface area (Å²) >= 11 is 0. The van der Waals surface area contributed by atoms with Crippen molar-refractivity contribution >= 4 is 17.9 Å². The molecule has 0 radical (unpaired) electrons. The Kier molecular flexibility index (Phi) is 56.2. The second kappa shape index (κ2) is 58.2. The molecule has 6 heteroatoms. The van der Waals surface area contributed by atoms with Crippen LogP contribution in [0, 0.1) is 0 Å². The van der Waals surface area contributed by atoms with Crippen LogP contribution >= 0.6 is 0 Å². The van der Waals surface area contributed by atoms with E-state index in [1.54, 1.807) is 0 Å². The Morgan fingerprint density at radius 3 is 0.841 bits per heavy atom. The molecule has 404 valence electrons. The van der Waals surface area contributed by atoms with Crippen molar-refractivity contribution in [2.45, 2.75) is 335 Å². The molecule has 1 atom stereocenters. The van der Waals surface area contributed by atoms with Crippen LogP contribution < -0.4 is 0 Å². The zero-order valence-electron chi connectivity index (χ0n) is 46.3. The minimum Gasteiger partial charge on any atom is -0.462 e. The molecule has 0 bridgehead atoms. The Hall–Kier alpha value is -2.37. The summed E-state index contributed by atoms with van der Waals surface area (Å²) in [6.45, 7) is 6.64. The molecule has 6 nitrogen and oxygen atoms in total. The first kappa shape index (κ1) is 66.6. The van der Waals surface area contributed by atoms with Gasteiger partial charge in [0.1, 0.15) is 13.2 Å². The van der Waals surface area contributed by atoms with Crippen molar-refractivity contribution in [2.24, 2.45) is 0 Å². The maximum absolute atomic E-state index is 12.9. The lowest BCUT2D eigenvalue weighted by Gasteiger charge is -2.18. The van der Waals surface area contributed by atoms with E-state index in [4.69, 9.17) is 14.2 Å². The minimum atomic E-state index is -0.779. The standard InChI is InChI=1S/C63H116O6/c1-4-7-10-13-16-19-22-25-28-29-30-31-32-33-36-39-42-45-48-51-54-57-63(66)69-60(58-67-61(64)55-52-49-46-43-40-37-34-26-23-20-17-14-11-8-5-2)59-68-62(65)56-53-50-47-44-41-38-35-27-24-21-18-15-12-9-6-3/h17,20,26-27,34-35,60H,4-16,18-19,21-25,28-33,36-59H2,1-3H3/b20-17-,34-26-,35-27-/t60-/m1/s1. The molecule has 0 fully saturated rings. The number of hydrogen-bond donors (Lipinski definition) is 0. The summed E-state index contributed by atoms with van der Waals surface area (Å²) in [7, 11) is 0. The molecule has 0 aromatic carbocycles. The van der Waals surface area contributed by atoms with Crippen LogP contribution in [0.1, 0.15) is 329 Å². The van der Waals surface area contributed by atoms with Crippen molar-refractivity contribution in [3.8, 4) is 0 Å². The number of esters is 3. The van der Waals surface area contributed by atoms with E-state index in [2.05, 4.69) is 57.2 Å². The van der Waals surface area contributed by atoms with Crippen LogP contribution in [0.3, 0.4) is 0 Å². The molecule has 0 aliphatic carbocycles. The van der Waals surface area contributed by atoms with Crippen molar-refractivity contribution in [1.82, 2.24) is 0 Å². The number of unbranched alkanes of at least 4 members (excludes halogenated alkanes) is 39. The Morgan fingerprint density at radius 2 is 0.522 bits per heavy atom. The first-order valence-corrected chi connectivity index (χ1v) is 30.5. The van der Waals surface area contributed by atoms with E-state index in [0.717, 1.165) is 83.5 Å². The van der Waals surface area contributed by atoms with Crippen LogP contribution in [0.15, 0.2) is 36.5 Å². The van der Waals surface area contributed by atoms with Crippen molar-refractivity contribution in [2.75, 3.05) is 13.2 Å². The third kappa shape index (κ3) is 56.4. The van der Waals surface area contributed by atoms with Gasteiger partial charge in [-0.3, -0.25) is 14.4 Å². The smallest absolute Gasteiger partial charge is 0.306 e. The Labute approximate surface area is 429 Å². The Bertz CT molecular complexity index is 1160. The van der Waals surface area contributed by atoms with Gasteiger partial charge in [0, 0.05) is 19.3 Å². The van der Waals surface area contributed by atoms with Crippen LogP contribution in [0.5, 0.6) is 0 Å². The van der Waals surface area contributed by atoms with Crippen LogP contribution in [0.25, 0.3) is 0 Å². The van der Waals surface area contributed by atoms with Crippen LogP contribution in [0.2, 0.25) is 0 Å². The summed E-state index contributed by atoms with van der Waals surface area (Å²) in [5.74, 6) is -0.879. The summed E-state index contributed by atoms with van der Waals surface area (Å²) in [6.07, 6.45) is 70.0. The number of hydrogen-bond acceptors (Lipinski definition) is 6. The van der Waals surface area contributed by atoms with Gasteiger partial charge >= 0.3 is 17.9 Å². The summed E-state index contributed by atoms with van der Waals surface area (Å²) < 4.78 is 16.9. The van der Waals surface area contributed by atoms with Crippen molar-refractivity contribution in [3.05, 3.63) is 36.5 Å². The highest BCUT2D eigenvalue weighted by Crippen LogP contribution is 2.17. The molecular weight excluding hydrogens is 853 g/mol. The van der Waals surface area contributed by atoms with Crippen molar-refractivity contribution < 1.29 is 28.6 Å². The third-order valence-corrected chi connectivity index (χ3v) is 13.6. The fourth-order valence-electron chi connectivity index (χ4n) is 9.00. The zero-order chi connectivity index (χ0) is 50.0. The average molecular weight is 970 g/mol. The van der Waals surface area contributed by atoms with E-state index in [0.29, 0.717) is 19.3 Å². The van der Waals surface area contributed by atoms with Gasteiger partial charge in [-0.15, -0.1) is 0 Å². The average Bonchev–Trinajstić information content (AvgIpc) is 3.35. The summed E-state index contributed by atoms with van der Waals surface area (Å²) in [4.78, 5) is 38.2. The zero-order valence-corrected chi connectivity index (χ0v) is 46.3. The summed E-state index contributed by atoms with van der Waals surface area (Å²) in [5.41, 5.74) is 0. The highest BCUT2D eigenvalue weighted by Gasteiger charge is 2.19. The van der Waals surface area contributed by atoms with Crippen LogP contribution in [-0.2, 0) is 28.6 Å². The van der Waals surface area contributed by atoms with Gasteiger partial charge in [0.05, 0.1) is 0 Å². The highest BCUT2D eigenvalue weighted by atomic mass is 16.6. The van der Waals surface area contributed by atoms with Gasteiger partial charge in [-0.1, -0.05) is 269 Å². The van der Waals surface area contributed by atoms with Crippen molar-refractivity contribution in [3.63, 3.8) is 0 Å². The van der Waals surface area contributed by atoms with E-state index in [9.17, 15) is 14.4 Å². The second-order valence-corrected chi connectivity index (χ2v) is 20.6. The predicted octanol–water partition coefficient (Wildman–Crippen LogP) is 20.4. The maximum atomic E-state index is 12.9. The molecule has 0 aliphatic heterocycles. The van der Waals surface area contributed by atoms with E-state index < -0.39 is 6.10 Å². The molecule has 0 saturated carbocycles. The Balaban J connectivity index is 4.33. The predicted molar refractivity (Wildman–Crippen MR) is 298 cm³/mol. The molecule has 0 aromatic heterocycles. The van der Waals surface area contributed by atoms with Gasteiger partial charge in [-0.25, -0.2) is 0 Å². The number of rotatable bonds is 56. The van der Waals surface area contributed by atoms with E-state index in [1.807, 2.05) is 0 Å². The minimum absolute atomic E-state index is 0.0775. The van der Waals surface area contributed by atoms with Gasteiger partial charge < -0.3 is 14.2 Å². The third-order valence-electron chi connectivity index (χ3n) is 13.6. The molecule has 0 N–H and O–H groups in total. The van der Waals surface area contributed by atoms with Gasteiger partial charge in [0.2, 0.25) is 0 Å². The molecule has 0 heterocycles. The SMILES string of the molecule is CCCCC/C=C\C/C=C\CCCCCCCC(=O)OC[C@H](COC(=O)CCCCCCC/C=C\CCCCCCCC)OC(=O)CCCCCCCCCCCCCCCCCCCCCCC. The topological polar surface area (TPSA) is 78.9 Å². The highest BCUT2D eigenvalue weighted by molar-refractivity contribution is 5.71. The van der Waals surface area contributed by atoms with Gasteiger partial charge in [-0.05, 0) is 77.0 Å². The lowest BCUT2D eigenvalue weighted by atomic mass is 10.0. The van der Waals surface area contributed by atoms with Crippen molar-refractivity contribution in [1.29, 1.82) is 0 Å². The summed E-state index contributed by atoms with van der Waals surface area (Å²) in [6, 6.07) is 0. The lowest BCUT2D eigenvalue weighted by Crippen LogP contribution is -2.30. The van der Waals surface area contributed by atoms with Gasteiger partial charge in [-0.2, -0.15) is 0 Å². The maximum Gasteiger partial charge on any atom is 0.306 e. The van der Waals surface area contributed by atoms with E-state index in [1.165, 1.54) is 205 Å².